The van der Waals surface area contributed by atoms with E-state index in [0.717, 1.165) is 24.8 Å². The van der Waals surface area contributed by atoms with Crippen LogP contribution in [0.2, 0.25) is 0 Å². The first-order valence-electron chi connectivity index (χ1n) is 4.68. The van der Waals surface area contributed by atoms with Crippen LogP contribution in [0.25, 0.3) is 0 Å². The first-order chi connectivity index (χ1) is 6.54. The molecule has 0 spiro atoms. The molecular formula is C10H15NO2S. The van der Waals surface area contributed by atoms with Crippen LogP contribution in [0.15, 0.2) is 23.4 Å². The molecule has 0 bridgehead atoms. The molecule has 0 N–H and O–H groups in total. The van der Waals surface area contributed by atoms with E-state index in [1.165, 1.54) is 12.5 Å². The van der Waals surface area contributed by atoms with Gasteiger partial charge in [-0.15, -0.1) is 0 Å². The Morgan fingerprint density at radius 3 is 2.64 bits per heavy atom. The smallest absolute Gasteiger partial charge is 0.177 e. The molecule has 0 radical (unpaired) electrons. The molecular weight excluding hydrogens is 198 g/mol. The average Bonchev–Trinajstić information content (AvgIpc) is 2.14. The van der Waals surface area contributed by atoms with Crippen LogP contribution >= 0.6 is 0 Å². The van der Waals surface area contributed by atoms with Crippen molar-refractivity contribution >= 4 is 9.84 Å². The van der Waals surface area contributed by atoms with E-state index in [0.29, 0.717) is 4.90 Å². The fourth-order valence-corrected chi connectivity index (χ4v) is 1.80. The molecule has 0 aliphatic carbocycles. The second kappa shape index (κ2) is 4.55. The molecule has 0 aliphatic rings. The Hall–Kier alpha value is -0.900. The lowest BCUT2D eigenvalue weighted by Crippen LogP contribution is -1.99. The van der Waals surface area contributed by atoms with Crippen LogP contribution in [-0.4, -0.2) is 19.7 Å². The number of hydrogen-bond acceptors (Lipinski definition) is 3. The van der Waals surface area contributed by atoms with Gasteiger partial charge in [-0.2, -0.15) is 0 Å². The number of sulfone groups is 1. The zero-order chi connectivity index (χ0) is 10.6. The lowest BCUT2D eigenvalue weighted by atomic mass is 10.1. The number of pyridine rings is 1. The number of rotatable bonds is 4. The van der Waals surface area contributed by atoms with Crippen molar-refractivity contribution in [2.75, 3.05) is 6.26 Å². The minimum atomic E-state index is -3.11. The Labute approximate surface area is 85.1 Å². The van der Waals surface area contributed by atoms with Crippen molar-refractivity contribution in [2.24, 2.45) is 0 Å². The Bertz CT molecular complexity index is 398. The summed E-state index contributed by atoms with van der Waals surface area (Å²) >= 11 is 0. The summed E-state index contributed by atoms with van der Waals surface area (Å²) in [5.74, 6) is 0. The number of aromatic nitrogens is 1. The van der Waals surface area contributed by atoms with Gasteiger partial charge in [0.1, 0.15) is 0 Å². The Morgan fingerprint density at radius 2 is 2.07 bits per heavy atom. The van der Waals surface area contributed by atoms with Crippen LogP contribution < -0.4 is 0 Å². The van der Waals surface area contributed by atoms with E-state index in [9.17, 15) is 8.42 Å². The Kier molecular flexibility index (Phi) is 3.63. The Balaban J connectivity index is 2.90. The van der Waals surface area contributed by atoms with Crippen LogP contribution in [-0.2, 0) is 16.3 Å². The van der Waals surface area contributed by atoms with Crippen LogP contribution in [0.4, 0.5) is 0 Å². The molecule has 0 atom stereocenters. The number of unbranched alkanes of at least 4 members (excludes halogenated alkanes) is 1. The molecule has 78 valence electrons. The molecule has 0 saturated heterocycles. The highest BCUT2D eigenvalue weighted by atomic mass is 32.2. The highest BCUT2D eigenvalue weighted by molar-refractivity contribution is 7.90. The third kappa shape index (κ3) is 3.10. The zero-order valence-electron chi connectivity index (χ0n) is 8.53. The molecule has 0 unspecified atom stereocenters. The van der Waals surface area contributed by atoms with Crippen molar-refractivity contribution in [3.05, 3.63) is 24.0 Å². The molecule has 1 aromatic rings. The lowest BCUT2D eigenvalue weighted by Gasteiger charge is -2.01. The molecule has 0 aliphatic heterocycles. The van der Waals surface area contributed by atoms with E-state index >= 15 is 0 Å². The second-order valence-corrected chi connectivity index (χ2v) is 5.42. The average molecular weight is 213 g/mol. The van der Waals surface area contributed by atoms with E-state index in [1.807, 2.05) is 0 Å². The molecule has 3 nitrogen and oxygen atoms in total. The highest BCUT2D eigenvalue weighted by Crippen LogP contribution is 2.11. The third-order valence-electron chi connectivity index (χ3n) is 2.02. The summed E-state index contributed by atoms with van der Waals surface area (Å²) in [6.45, 7) is 2.11. The van der Waals surface area contributed by atoms with Crippen molar-refractivity contribution in [3.8, 4) is 0 Å². The zero-order valence-corrected chi connectivity index (χ0v) is 9.34. The minimum absolute atomic E-state index is 0.311. The van der Waals surface area contributed by atoms with Crippen LogP contribution in [0, 0.1) is 0 Å². The van der Waals surface area contributed by atoms with E-state index in [4.69, 9.17) is 0 Å². The van der Waals surface area contributed by atoms with Gasteiger partial charge in [0, 0.05) is 18.6 Å². The largest absolute Gasteiger partial charge is 0.263 e. The molecule has 0 aromatic carbocycles. The normalized spacial score (nSPS) is 11.6. The number of aryl methyl sites for hydroxylation is 1. The van der Waals surface area contributed by atoms with Gasteiger partial charge in [0.25, 0.3) is 0 Å². The second-order valence-electron chi connectivity index (χ2n) is 3.40. The first-order valence-corrected chi connectivity index (χ1v) is 6.57. The summed E-state index contributed by atoms with van der Waals surface area (Å²) in [5, 5.41) is 0. The van der Waals surface area contributed by atoms with Gasteiger partial charge < -0.3 is 0 Å². The van der Waals surface area contributed by atoms with Gasteiger partial charge in [-0.05, 0) is 24.5 Å². The maximum Gasteiger partial charge on any atom is 0.177 e. The van der Waals surface area contributed by atoms with Crippen molar-refractivity contribution < 1.29 is 8.42 Å². The Morgan fingerprint density at radius 1 is 1.36 bits per heavy atom. The van der Waals surface area contributed by atoms with Gasteiger partial charge in [-0.1, -0.05) is 13.3 Å². The van der Waals surface area contributed by atoms with Gasteiger partial charge in [-0.3, -0.25) is 4.98 Å². The molecule has 0 saturated carbocycles. The molecule has 0 fully saturated rings. The number of hydrogen-bond donors (Lipinski definition) is 0. The predicted molar refractivity (Wildman–Crippen MR) is 56.0 cm³/mol. The quantitative estimate of drug-likeness (QED) is 0.766. The predicted octanol–water partition coefficient (Wildman–Crippen LogP) is 1.83. The van der Waals surface area contributed by atoms with E-state index in [-0.39, 0.29) is 0 Å². The van der Waals surface area contributed by atoms with Gasteiger partial charge in [0.2, 0.25) is 0 Å². The summed E-state index contributed by atoms with van der Waals surface area (Å²) in [5.41, 5.74) is 0.995. The highest BCUT2D eigenvalue weighted by Gasteiger charge is 2.07. The summed E-state index contributed by atoms with van der Waals surface area (Å²) < 4.78 is 22.4. The van der Waals surface area contributed by atoms with Crippen LogP contribution in [0.5, 0.6) is 0 Å². The molecule has 1 heterocycles. The van der Waals surface area contributed by atoms with Gasteiger partial charge in [0.05, 0.1) is 4.90 Å². The monoisotopic (exact) mass is 213 g/mol. The third-order valence-corrected chi connectivity index (χ3v) is 3.10. The molecule has 1 aromatic heterocycles. The maximum atomic E-state index is 11.2. The fraction of sp³-hybridized carbons (Fsp3) is 0.500. The first kappa shape index (κ1) is 11.2. The standard InChI is InChI=1S/C10H15NO2S/c1-3-4-5-9-6-10(8-11-7-9)14(2,12)13/h6-8H,3-5H2,1-2H3. The van der Waals surface area contributed by atoms with Crippen LogP contribution in [0.1, 0.15) is 25.3 Å². The maximum absolute atomic E-state index is 11.2. The topological polar surface area (TPSA) is 47.0 Å². The molecule has 1 rings (SSSR count). The molecule has 0 amide bonds. The van der Waals surface area contributed by atoms with Gasteiger partial charge >= 0.3 is 0 Å². The number of nitrogens with zero attached hydrogens (tertiary/aromatic N) is 1. The van der Waals surface area contributed by atoms with Crippen molar-refractivity contribution in [1.29, 1.82) is 0 Å². The van der Waals surface area contributed by atoms with Gasteiger partial charge in [-0.25, -0.2) is 8.42 Å². The SMILES string of the molecule is CCCCc1cncc(S(C)(=O)=O)c1. The summed E-state index contributed by atoms with van der Waals surface area (Å²) in [7, 11) is -3.11. The minimum Gasteiger partial charge on any atom is -0.263 e. The fourth-order valence-electron chi connectivity index (χ4n) is 1.18. The summed E-state index contributed by atoms with van der Waals surface area (Å²) in [4.78, 5) is 4.24. The van der Waals surface area contributed by atoms with Crippen LogP contribution in [0.3, 0.4) is 0 Å². The molecule has 4 heteroatoms. The van der Waals surface area contributed by atoms with E-state index < -0.39 is 9.84 Å². The van der Waals surface area contributed by atoms with Crippen molar-refractivity contribution in [3.63, 3.8) is 0 Å². The van der Waals surface area contributed by atoms with Gasteiger partial charge in [0.15, 0.2) is 9.84 Å². The molecule has 14 heavy (non-hydrogen) atoms. The summed E-state index contributed by atoms with van der Waals surface area (Å²) in [6, 6.07) is 1.71. The summed E-state index contributed by atoms with van der Waals surface area (Å²) in [6.07, 6.45) is 7.38. The van der Waals surface area contributed by atoms with Crippen molar-refractivity contribution in [2.45, 2.75) is 31.1 Å². The lowest BCUT2D eigenvalue weighted by molar-refractivity contribution is 0.601. The van der Waals surface area contributed by atoms with E-state index in [2.05, 4.69) is 11.9 Å². The van der Waals surface area contributed by atoms with E-state index in [1.54, 1.807) is 12.3 Å². The van der Waals surface area contributed by atoms with Crippen molar-refractivity contribution in [1.82, 2.24) is 4.98 Å².